The predicted octanol–water partition coefficient (Wildman–Crippen LogP) is 5.10. The lowest BCUT2D eigenvalue weighted by Crippen LogP contribution is -2.27. The fourth-order valence-electron chi connectivity index (χ4n) is 2.70. The van der Waals surface area contributed by atoms with Crippen LogP contribution in [-0.2, 0) is 5.41 Å². The molecule has 0 saturated heterocycles. The van der Waals surface area contributed by atoms with Gasteiger partial charge in [-0.3, -0.25) is 0 Å². The zero-order valence-electron chi connectivity index (χ0n) is 10.9. The van der Waals surface area contributed by atoms with Gasteiger partial charge in [0.05, 0.1) is 0 Å². The molecule has 0 spiro atoms. The molecule has 0 heterocycles. The standard InChI is InChI=1S/C16H24/c1-5-12-16(13-6-2,14(3)4)15-10-8-7-9-11-15/h7-11H,3,5-6,12-13H2,1-2,4H3. The maximum Gasteiger partial charge on any atom is 0.0156 e. The maximum atomic E-state index is 4.24. The van der Waals surface area contributed by atoms with E-state index in [4.69, 9.17) is 0 Å². The molecule has 1 rings (SSSR count). The molecule has 0 N–H and O–H groups in total. The van der Waals surface area contributed by atoms with Gasteiger partial charge in [-0.15, -0.1) is 0 Å². The highest BCUT2D eigenvalue weighted by molar-refractivity contribution is 5.34. The van der Waals surface area contributed by atoms with Gasteiger partial charge in [0.25, 0.3) is 0 Å². The first-order valence-electron chi connectivity index (χ1n) is 6.39. The molecule has 0 radical (unpaired) electrons. The van der Waals surface area contributed by atoms with E-state index in [0.717, 1.165) is 0 Å². The van der Waals surface area contributed by atoms with E-state index in [1.165, 1.54) is 36.8 Å². The SMILES string of the molecule is C=C(C)C(CCC)(CCC)c1ccccc1. The Hall–Kier alpha value is -1.04. The Morgan fingerprint density at radius 3 is 1.94 bits per heavy atom. The van der Waals surface area contributed by atoms with Crippen molar-refractivity contribution in [2.24, 2.45) is 0 Å². The highest BCUT2D eigenvalue weighted by atomic mass is 14.3. The third-order valence-electron chi connectivity index (χ3n) is 3.50. The first kappa shape index (κ1) is 13.0. The van der Waals surface area contributed by atoms with Crippen LogP contribution in [0.25, 0.3) is 0 Å². The molecule has 0 aliphatic carbocycles. The van der Waals surface area contributed by atoms with Crippen molar-refractivity contribution < 1.29 is 0 Å². The largest absolute Gasteiger partial charge is 0.0992 e. The predicted molar refractivity (Wildman–Crippen MR) is 72.8 cm³/mol. The second-order valence-electron chi connectivity index (χ2n) is 4.73. The molecule has 0 nitrogen and oxygen atoms in total. The van der Waals surface area contributed by atoms with Crippen molar-refractivity contribution in [1.82, 2.24) is 0 Å². The molecule has 1 aromatic rings. The van der Waals surface area contributed by atoms with Gasteiger partial charge in [-0.25, -0.2) is 0 Å². The summed E-state index contributed by atoms with van der Waals surface area (Å²) in [6.07, 6.45) is 4.84. The molecule has 0 unspecified atom stereocenters. The van der Waals surface area contributed by atoms with E-state index in [-0.39, 0.29) is 5.41 Å². The van der Waals surface area contributed by atoms with Crippen LogP contribution in [-0.4, -0.2) is 0 Å². The highest BCUT2D eigenvalue weighted by Gasteiger charge is 2.30. The van der Waals surface area contributed by atoms with Crippen LogP contribution in [0.15, 0.2) is 42.5 Å². The fraction of sp³-hybridized carbons (Fsp3) is 0.500. The van der Waals surface area contributed by atoms with Crippen molar-refractivity contribution in [3.63, 3.8) is 0 Å². The van der Waals surface area contributed by atoms with Crippen LogP contribution in [0.5, 0.6) is 0 Å². The molecule has 0 heteroatoms. The number of hydrogen-bond acceptors (Lipinski definition) is 0. The van der Waals surface area contributed by atoms with E-state index in [0.29, 0.717) is 0 Å². The molecule has 0 aliphatic heterocycles. The Balaban J connectivity index is 3.15. The minimum Gasteiger partial charge on any atom is -0.0992 e. The summed E-state index contributed by atoms with van der Waals surface area (Å²) < 4.78 is 0. The molecule has 0 aliphatic rings. The van der Waals surface area contributed by atoms with Crippen molar-refractivity contribution in [2.75, 3.05) is 0 Å². The summed E-state index contributed by atoms with van der Waals surface area (Å²) in [5, 5.41) is 0. The van der Waals surface area contributed by atoms with Crippen molar-refractivity contribution in [3.8, 4) is 0 Å². The van der Waals surface area contributed by atoms with Crippen molar-refractivity contribution >= 4 is 0 Å². The minimum absolute atomic E-state index is 0.199. The van der Waals surface area contributed by atoms with Crippen molar-refractivity contribution in [3.05, 3.63) is 48.0 Å². The minimum atomic E-state index is 0.199. The number of hydrogen-bond donors (Lipinski definition) is 0. The van der Waals surface area contributed by atoms with Gasteiger partial charge in [0.1, 0.15) is 0 Å². The van der Waals surface area contributed by atoms with Gasteiger partial charge in [0.2, 0.25) is 0 Å². The summed E-state index contributed by atoms with van der Waals surface area (Å²) in [5.74, 6) is 0. The lowest BCUT2D eigenvalue weighted by atomic mass is 9.69. The number of allylic oxidation sites excluding steroid dienone is 1. The lowest BCUT2D eigenvalue weighted by molar-refractivity contribution is 0.418. The summed E-state index contributed by atoms with van der Waals surface area (Å²) in [4.78, 5) is 0. The van der Waals surface area contributed by atoms with Gasteiger partial charge in [-0.05, 0) is 25.3 Å². The van der Waals surface area contributed by atoms with Crippen LogP contribution < -0.4 is 0 Å². The molecular weight excluding hydrogens is 192 g/mol. The highest BCUT2D eigenvalue weighted by Crippen LogP contribution is 2.40. The Kier molecular flexibility index (Phi) is 4.79. The number of rotatable bonds is 6. The Morgan fingerprint density at radius 1 is 1.06 bits per heavy atom. The molecule has 0 fully saturated rings. The van der Waals surface area contributed by atoms with E-state index in [1.54, 1.807) is 0 Å². The van der Waals surface area contributed by atoms with Crippen molar-refractivity contribution in [1.29, 1.82) is 0 Å². The van der Waals surface area contributed by atoms with E-state index in [9.17, 15) is 0 Å². The lowest BCUT2D eigenvalue weighted by Gasteiger charge is -2.35. The summed E-state index contributed by atoms with van der Waals surface area (Å²) in [6.45, 7) is 10.9. The van der Waals surface area contributed by atoms with Crippen LogP contribution in [0.4, 0.5) is 0 Å². The molecule has 0 atom stereocenters. The summed E-state index contributed by atoms with van der Waals surface area (Å²) in [7, 11) is 0. The fourth-order valence-corrected chi connectivity index (χ4v) is 2.70. The second-order valence-corrected chi connectivity index (χ2v) is 4.73. The van der Waals surface area contributed by atoms with Gasteiger partial charge < -0.3 is 0 Å². The maximum absolute atomic E-state index is 4.24. The topological polar surface area (TPSA) is 0 Å². The first-order chi connectivity index (χ1) is 7.67. The molecular formula is C16H24. The van der Waals surface area contributed by atoms with E-state index in [2.05, 4.69) is 57.7 Å². The van der Waals surface area contributed by atoms with E-state index >= 15 is 0 Å². The normalized spacial score (nSPS) is 11.4. The molecule has 0 aromatic heterocycles. The summed E-state index contributed by atoms with van der Waals surface area (Å²) in [5.41, 5.74) is 2.94. The van der Waals surface area contributed by atoms with Crippen LogP contribution in [0.1, 0.15) is 52.0 Å². The van der Waals surface area contributed by atoms with Gasteiger partial charge >= 0.3 is 0 Å². The molecule has 0 saturated carbocycles. The van der Waals surface area contributed by atoms with Gasteiger partial charge in [0.15, 0.2) is 0 Å². The zero-order valence-corrected chi connectivity index (χ0v) is 10.9. The molecule has 1 aromatic carbocycles. The average Bonchev–Trinajstić information content (AvgIpc) is 2.29. The molecule has 88 valence electrons. The van der Waals surface area contributed by atoms with Crippen molar-refractivity contribution in [2.45, 2.75) is 51.9 Å². The third kappa shape index (κ3) is 2.55. The second kappa shape index (κ2) is 5.89. The van der Waals surface area contributed by atoms with E-state index in [1.807, 2.05) is 0 Å². The Labute approximate surface area is 100 Å². The van der Waals surface area contributed by atoms with E-state index < -0.39 is 0 Å². The molecule has 16 heavy (non-hydrogen) atoms. The van der Waals surface area contributed by atoms with Gasteiger partial charge in [-0.1, -0.05) is 69.2 Å². The molecule has 0 amide bonds. The smallest absolute Gasteiger partial charge is 0.0156 e. The summed E-state index contributed by atoms with van der Waals surface area (Å²) in [6, 6.07) is 10.9. The first-order valence-corrected chi connectivity index (χ1v) is 6.39. The Bertz CT molecular complexity index is 315. The van der Waals surface area contributed by atoms with Crippen LogP contribution in [0.2, 0.25) is 0 Å². The Morgan fingerprint density at radius 2 is 1.56 bits per heavy atom. The monoisotopic (exact) mass is 216 g/mol. The zero-order chi connectivity index (χ0) is 12.0. The summed E-state index contributed by atoms with van der Waals surface area (Å²) >= 11 is 0. The average molecular weight is 216 g/mol. The quantitative estimate of drug-likeness (QED) is 0.580. The van der Waals surface area contributed by atoms with Crippen LogP contribution in [0, 0.1) is 0 Å². The molecule has 0 bridgehead atoms. The van der Waals surface area contributed by atoms with Crippen LogP contribution in [0.3, 0.4) is 0 Å². The van der Waals surface area contributed by atoms with Crippen LogP contribution >= 0.6 is 0 Å². The third-order valence-corrected chi connectivity index (χ3v) is 3.50. The van der Waals surface area contributed by atoms with Gasteiger partial charge in [0, 0.05) is 5.41 Å². The van der Waals surface area contributed by atoms with Gasteiger partial charge in [-0.2, -0.15) is 0 Å². The number of benzene rings is 1.